The van der Waals surface area contributed by atoms with Gasteiger partial charge in [0.1, 0.15) is 17.6 Å². The maximum absolute atomic E-state index is 11.1. The molecule has 0 atom stereocenters. The standard InChI is InChI=1S/C13H12N2O3/c1-2-18-10-5-3-9(4-6-10)12-11(13(16)17)7-14-8-15-12/h3-8H,2H2,1H3,(H,16,17). The van der Waals surface area contributed by atoms with Crippen molar-refractivity contribution in [2.45, 2.75) is 6.92 Å². The molecule has 5 heteroatoms. The Labute approximate surface area is 104 Å². The van der Waals surface area contributed by atoms with Crippen molar-refractivity contribution >= 4 is 5.97 Å². The van der Waals surface area contributed by atoms with Crippen LogP contribution in [0.1, 0.15) is 17.3 Å². The summed E-state index contributed by atoms with van der Waals surface area (Å²) in [6.07, 6.45) is 2.62. The smallest absolute Gasteiger partial charge is 0.339 e. The van der Waals surface area contributed by atoms with Crippen LogP contribution in [0.25, 0.3) is 11.3 Å². The first-order valence-electron chi connectivity index (χ1n) is 5.49. The van der Waals surface area contributed by atoms with E-state index in [0.29, 0.717) is 12.3 Å². The zero-order valence-corrected chi connectivity index (χ0v) is 9.83. The summed E-state index contributed by atoms with van der Waals surface area (Å²) in [5, 5.41) is 9.06. The number of aromatic carboxylic acids is 1. The van der Waals surface area contributed by atoms with E-state index in [2.05, 4.69) is 9.97 Å². The average molecular weight is 244 g/mol. The number of hydrogen-bond acceptors (Lipinski definition) is 4. The summed E-state index contributed by atoms with van der Waals surface area (Å²) in [6.45, 7) is 2.49. The zero-order valence-electron chi connectivity index (χ0n) is 9.83. The van der Waals surface area contributed by atoms with Crippen LogP contribution >= 0.6 is 0 Å². The minimum Gasteiger partial charge on any atom is -0.494 e. The first-order valence-corrected chi connectivity index (χ1v) is 5.49. The Kier molecular flexibility index (Phi) is 3.52. The molecule has 2 aromatic rings. The number of carboxylic acid groups (broad SMARTS) is 1. The molecule has 18 heavy (non-hydrogen) atoms. The van der Waals surface area contributed by atoms with Crippen LogP contribution in [0, 0.1) is 0 Å². The number of rotatable bonds is 4. The lowest BCUT2D eigenvalue weighted by Gasteiger charge is -2.06. The maximum Gasteiger partial charge on any atom is 0.339 e. The Morgan fingerprint density at radius 1 is 1.33 bits per heavy atom. The van der Waals surface area contributed by atoms with Gasteiger partial charge in [0, 0.05) is 11.8 Å². The van der Waals surface area contributed by atoms with Crippen molar-refractivity contribution in [2.75, 3.05) is 6.61 Å². The van der Waals surface area contributed by atoms with Gasteiger partial charge in [-0.05, 0) is 31.2 Å². The van der Waals surface area contributed by atoms with Crippen LogP contribution in [0.2, 0.25) is 0 Å². The van der Waals surface area contributed by atoms with Crippen molar-refractivity contribution in [3.8, 4) is 17.0 Å². The summed E-state index contributed by atoms with van der Waals surface area (Å²) < 4.78 is 5.33. The van der Waals surface area contributed by atoms with Gasteiger partial charge in [-0.2, -0.15) is 0 Å². The number of hydrogen-bond donors (Lipinski definition) is 1. The van der Waals surface area contributed by atoms with Gasteiger partial charge < -0.3 is 9.84 Å². The van der Waals surface area contributed by atoms with E-state index in [9.17, 15) is 4.79 Å². The van der Waals surface area contributed by atoms with Gasteiger partial charge in [0.2, 0.25) is 0 Å². The molecular formula is C13H12N2O3. The molecule has 0 unspecified atom stereocenters. The first-order chi connectivity index (χ1) is 8.72. The Balaban J connectivity index is 2.39. The number of carboxylic acids is 1. The number of carbonyl (C=O) groups is 1. The van der Waals surface area contributed by atoms with E-state index in [1.54, 1.807) is 24.3 Å². The van der Waals surface area contributed by atoms with E-state index in [-0.39, 0.29) is 5.56 Å². The fourth-order valence-corrected chi connectivity index (χ4v) is 1.59. The van der Waals surface area contributed by atoms with Crippen LogP contribution in [-0.2, 0) is 0 Å². The molecule has 92 valence electrons. The highest BCUT2D eigenvalue weighted by atomic mass is 16.5. The third-order valence-electron chi connectivity index (χ3n) is 2.38. The third-order valence-corrected chi connectivity index (χ3v) is 2.38. The molecule has 0 fully saturated rings. The summed E-state index contributed by atoms with van der Waals surface area (Å²) in [6, 6.07) is 7.12. The molecule has 0 aliphatic heterocycles. The second-order valence-corrected chi connectivity index (χ2v) is 3.55. The van der Waals surface area contributed by atoms with Gasteiger partial charge in [-0.25, -0.2) is 14.8 Å². The van der Waals surface area contributed by atoms with Crippen LogP contribution in [0.5, 0.6) is 5.75 Å². The van der Waals surface area contributed by atoms with Crippen molar-refractivity contribution in [1.82, 2.24) is 9.97 Å². The van der Waals surface area contributed by atoms with Crippen LogP contribution in [0.3, 0.4) is 0 Å². The second kappa shape index (κ2) is 5.27. The van der Waals surface area contributed by atoms with Crippen LogP contribution < -0.4 is 4.74 Å². The van der Waals surface area contributed by atoms with Gasteiger partial charge in [-0.15, -0.1) is 0 Å². The predicted molar refractivity (Wildman–Crippen MR) is 65.6 cm³/mol. The van der Waals surface area contributed by atoms with Crippen molar-refractivity contribution in [3.63, 3.8) is 0 Å². The van der Waals surface area contributed by atoms with Gasteiger partial charge in [0.25, 0.3) is 0 Å². The number of ether oxygens (including phenoxy) is 1. The normalized spacial score (nSPS) is 10.1. The van der Waals surface area contributed by atoms with E-state index in [1.807, 2.05) is 6.92 Å². The Morgan fingerprint density at radius 2 is 2.06 bits per heavy atom. The molecule has 0 saturated carbocycles. The van der Waals surface area contributed by atoms with Gasteiger partial charge in [0.05, 0.1) is 12.3 Å². The molecule has 1 aromatic carbocycles. The summed E-state index contributed by atoms with van der Waals surface area (Å²) in [4.78, 5) is 18.8. The molecular weight excluding hydrogens is 232 g/mol. The van der Waals surface area contributed by atoms with Crippen LogP contribution in [-0.4, -0.2) is 27.7 Å². The summed E-state index contributed by atoms with van der Waals surface area (Å²) in [7, 11) is 0. The lowest BCUT2D eigenvalue weighted by atomic mass is 10.1. The minimum absolute atomic E-state index is 0.0849. The second-order valence-electron chi connectivity index (χ2n) is 3.55. The molecule has 5 nitrogen and oxygen atoms in total. The largest absolute Gasteiger partial charge is 0.494 e. The minimum atomic E-state index is -1.04. The molecule has 0 aliphatic carbocycles. The number of nitrogens with zero attached hydrogens (tertiary/aromatic N) is 2. The zero-order chi connectivity index (χ0) is 13.0. The van der Waals surface area contributed by atoms with Crippen molar-refractivity contribution in [1.29, 1.82) is 0 Å². The monoisotopic (exact) mass is 244 g/mol. The van der Waals surface area contributed by atoms with Gasteiger partial charge in [-0.1, -0.05) is 0 Å². The molecule has 1 aromatic heterocycles. The maximum atomic E-state index is 11.1. The fourth-order valence-electron chi connectivity index (χ4n) is 1.59. The molecule has 2 rings (SSSR count). The van der Waals surface area contributed by atoms with Gasteiger partial charge in [0.15, 0.2) is 0 Å². The number of aromatic nitrogens is 2. The quantitative estimate of drug-likeness (QED) is 0.892. The Morgan fingerprint density at radius 3 is 2.67 bits per heavy atom. The molecule has 0 aliphatic rings. The molecule has 0 bridgehead atoms. The van der Waals surface area contributed by atoms with Crippen LogP contribution in [0.15, 0.2) is 36.8 Å². The molecule has 1 heterocycles. The average Bonchev–Trinajstić information content (AvgIpc) is 2.40. The summed E-state index contributed by atoms with van der Waals surface area (Å²) in [5.74, 6) is -0.299. The summed E-state index contributed by atoms with van der Waals surface area (Å²) >= 11 is 0. The van der Waals surface area contributed by atoms with Gasteiger partial charge in [-0.3, -0.25) is 0 Å². The lowest BCUT2D eigenvalue weighted by Crippen LogP contribution is -2.02. The van der Waals surface area contributed by atoms with Crippen molar-refractivity contribution in [2.24, 2.45) is 0 Å². The lowest BCUT2D eigenvalue weighted by molar-refractivity contribution is 0.0697. The highest BCUT2D eigenvalue weighted by Gasteiger charge is 2.12. The molecule has 0 spiro atoms. The number of benzene rings is 1. The Bertz CT molecular complexity index is 552. The molecule has 0 radical (unpaired) electrons. The fraction of sp³-hybridized carbons (Fsp3) is 0.154. The van der Waals surface area contributed by atoms with Crippen molar-refractivity contribution < 1.29 is 14.6 Å². The van der Waals surface area contributed by atoms with E-state index < -0.39 is 5.97 Å². The van der Waals surface area contributed by atoms with E-state index in [1.165, 1.54) is 12.5 Å². The van der Waals surface area contributed by atoms with Gasteiger partial charge >= 0.3 is 5.97 Å². The molecule has 0 saturated heterocycles. The highest BCUT2D eigenvalue weighted by Crippen LogP contribution is 2.23. The summed E-state index contributed by atoms with van der Waals surface area (Å²) in [5.41, 5.74) is 1.21. The van der Waals surface area contributed by atoms with Crippen molar-refractivity contribution in [3.05, 3.63) is 42.4 Å². The van der Waals surface area contributed by atoms with E-state index in [4.69, 9.17) is 9.84 Å². The highest BCUT2D eigenvalue weighted by molar-refractivity contribution is 5.94. The van der Waals surface area contributed by atoms with E-state index >= 15 is 0 Å². The van der Waals surface area contributed by atoms with Crippen LogP contribution in [0.4, 0.5) is 0 Å². The molecule has 0 amide bonds. The van der Waals surface area contributed by atoms with E-state index in [0.717, 1.165) is 11.3 Å². The topological polar surface area (TPSA) is 72.3 Å². The Hall–Kier alpha value is -2.43. The molecule has 1 N–H and O–H groups in total. The predicted octanol–water partition coefficient (Wildman–Crippen LogP) is 2.24. The SMILES string of the molecule is CCOc1ccc(-c2ncncc2C(=O)O)cc1. The third kappa shape index (κ3) is 2.45. The first kappa shape index (κ1) is 12.0.